The lowest BCUT2D eigenvalue weighted by atomic mass is 9.82. The van der Waals surface area contributed by atoms with Gasteiger partial charge in [-0.25, -0.2) is 0 Å². The maximum atomic E-state index is 16.4. The van der Waals surface area contributed by atoms with Crippen LogP contribution in [0.3, 0.4) is 0 Å². The molecular formula is C38H46FN5O5Si. The van der Waals surface area contributed by atoms with Crippen molar-refractivity contribution in [2.24, 2.45) is 5.92 Å². The van der Waals surface area contributed by atoms with E-state index in [-0.39, 0.29) is 37.3 Å². The fraction of sp³-hybridized carbons (Fsp3) is 0.447. The van der Waals surface area contributed by atoms with Gasteiger partial charge in [0.25, 0.3) is 11.8 Å². The van der Waals surface area contributed by atoms with Crippen LogP contribution in [0.15, 0.2) is 78.9 Å². The molecule has 0 saturated carbocycles. The van der Waals surface area contributed by atoms with Crippen molar-refractivity contribution >= 4 is 43.2 Å². The molecule has 10 nitrogen and oxygen atoms in total. The molecule has 0 bridgehead atoms. The molecule has 7 rings (SSSR count). The SMILES string of the molecule is C[C@@H]1[C@@H]([Si](C)(C)F)[C@H](CC(=O)N(CCO)Cc2ccccc2)O[C@@]12C(=O)Nc1ccc(N3CN(c4ccccc4)C4(CCNCC4)C3=O)cc12. The van der Waals surface area contributed by atoms with Gasteiger partial charge in [0.2, 0.25) is 14.3 Å². The number of aliphatic hydroxyl groups excluding tert-OH is 1. The second-order valence-electron chi connectivity index (χ2n) is 14.6. The Morgan fingerprint density at radius 3 is 2.36 bits per heavy atom. The van der Waals surface area contributed by atoms with Crippen LogP contribution in [0.4, 0.5) is 21.2 Å². The smallest absolute Gasteiger partial charge is 0.261 e. The number of benzene rings is 3. The fourth-order valence-electron chi connectivity index (χ4n) is 8.91. The number of hydrogen-bond acceptors (Lipinski definition) is 7. The molecule has 4 aliphatic heterocycles. The molecule has 0 unspecified atom stereocenters. The van der Waals surface area contributed by atoms with E-state index in [0.717, 1.165) is 24.3 Å². The Kier molecular flexibility index (Phi) is 9.08. The van der Waals surface area contributed by atoms with Crippen molar-refractivity contribution in [1.29, 1.82) is 0 Å². The van der Waals surface area contributed by atoms with Crippen LogP contribution in [0.25, 0.3) is 0 Å². The molecule has 3 amide bonds. The molecule has 3 saturated heterocycles. The van der Waals surface area contributed by atoms with E-state index in [4.69, 9.17) is 4.74 Å². The number of nitrogens with zero attached hydrogens (tertiary/aromatic N) is 3. The van der Waals surface area contributed by atoms with E-state index in [2.05, 4.69) is 15.5 Å². The van der Waals surface area contributed by atoms with Gasteiger partial charge in [0, 0.05) is 47.2 Å². The number of ether oxygens (including phenoxy) is 1. The Hall–Kier alpha value is -4.10. The molecule has 3 fully saturated rings. The third-order valence-corrected chi connectivity index (χ3v) is 13.7. The zero-order chi connectivity index (χ0) is 35.3. The fourth-order valence-corrected chi connectivity index (χ4v) is 11.4. The first-order valence-electron chi connectivity index (χ1n) is 17.6. The van der Waals surface area contributed by atoms with Gasteiger partial charge in [-0.05, 0) is 74.9 Å². The van der Waals surface area contributed by atoms with Crippen molar-refractivity contribution in [1.82, 2.24) is 10.2 Å². The van der Waals surface area contributed by atoms with Gasteiger partial charge in [-0.3, -0.25) is 19.3 Å². The summed E-state index contributed by atoms with van der Waals surface area (Å²) in [4.78, 5) is 47.9. The van der Waals surface area contributed by atoms with Crippen molar-refractivity contribution in [3.05, 3.63) is 90.0 Å². The van der Waals surface area contributed by atoms with Crippen LogP contribution in [0, 0.1) is 5.92 Å². The van der Waals surface area contributed by atoms with Crippen LogP contribution < -0.4 is 20.4 Å². The zero-order valence-corrected chi connectivity index (χ0v) is 29.9. The Balaban J connectivity index is 1.22. The number of hydrogen-bond donors (Lipinski definition) is 3. The third kappa shape index (κ3) is 5.71. The number of para-hydroxylation sites is 1. The predicted octanol–water partition coefficient (Wildman–Crippen LogP) is 4.76. The van der Waals surface area contributed by atoms with Crippen molar-refractivity contribution in [2.75, 3.05) is 48.0 Å². The number of rotatable bonds is 9. The first-order chi connectivity index (χ1) is 24.0. The maximum absolute atomic E-state index is 16.4. The van der Waals surface area contributed by atoms with Crippen LogP contribution in [0.5, 0.6) is 0 Å². The summed E-state index contributed by atoms with van der Waals surface area (Å²) < 4.78 is 23.1. The maximum Gasteiger partial charge on any atom is 0.261 e. The average Bonchev–Trinajstić information content (AvgIpc) is 3.67. The van der Waals surface area contributed by atoms with Crippen LogP contribution in [-0.4, -0.2) is 80.7 Å². The molecule has 12 heteroatoms. The summed E-state index contributed by atoms with van der Waals surface area (Å²) in [6.45, 7) is 7.06. The summed E-state index contributed by atoms with van der Waals surface area (Å²) in [5.41, 5.74) is 0.744. The number of carbonyl (C=O) groups excluding carboxylic acids is 3. The first-order valence-corrected chi connectivity index (χ1v) is 20.6. The third-order valence-electron chi connectivity index (χ3n) is 11.3. The number of carbonyl (C=O) groups is 3. The van der Waals surface area contributed by atoms with E-state index in [1.165, 1.54) is 0 Å². The van der Waals surface area contributed by atoms with Crippen molar-refractivity contribution < 1.29 is 28.3 Å². The Labute approximate surface area is 293 Å². The molecule has 4 aliphatic rings. The second-order valence-corrected chi connectivity index (χ2v) is 18.4. The number of nitrogens with one attached hydrogen (secondary N) is 2. The summed E-state index contributed by atoms with van der Waals surface area (Å²) in [6.07, 6.45) is 0.343. The van der Waals surface area contributed by atoms with Crippen LogP contribution in [-0.2, 0) is 31.3 Å². The minimum atomic E-state index is -3.51. The minimum absolute atomic E-state index is 0.00978. The van der Waals surface area contributed by atoms with Crippen molar-refractivity contribution in [3.63, 3.8) is 0 Å². The largest absolute Gasteiger partial charge is 0.395 e. The Bertz CT molecular complexity index is 1750. The van der Waals surface area contributed by atoms with Gasteiger partial charge in [-0.1, -0.05) is 55.5 Å². The van der Waals surface area contributed by atoms with Gasteiger partial charge in [-0.2, -0.15) is 0 Å². The first kappa shape index (κ1) is 34.4. The lowest BCUT2D eigenvalue weighted by Crippen LogP contribution is -2.55. The van der Waals surface area contributed by atoms with Gasteiger partial charge >= 0.3 is 0 Å². The highest BCUT2D eigenvalue weighted by atomic mass is 28.4. The number of piperidine rings is 1. The molecule has 0 radical (unpaired) electrons. The molecule has 4 heterocycles. The number of halogens is 1. The number of anilines is 3. The zero-order valence-electron chi connectivity index (χ0n) is 28.9. The lowest BCUT2D eigenvalue weighted by Gasteiger charge is -2.39. The second kappa shape index (κ2) is 13.2. The quantitative estimate of drug-likeness (QED) is 0.218. The van der Waals surface area contributed by atoms with Crippen molar-refractivity contribution in [3.8, 4) is 0 Å². The topological polar surface area (TPSA) is 114 Å². The molecule has 50 heavy (non-hydrogen) atoms. The van der Waals surface area contributed by atoms with E-state index < -0.39 is 37.1 Å². The van der Waals surface area contributed by atoms with E-state index in [9.17, 15) is 19.5 Å². The number of amides is 3. The molecule has 3 aromatic carbocycles. The highest BCUT2D eigenvalue weighted by molar-refractivity contribution is 6.72. The summed E-state index contributed by atoms with van der Waals surface area (Å²) in [5, 5.41) is 16.2. The monoisotopic (exact) mass is 699 g/mol. The molecule has 0 aromatic heterocycles. The van der Waals surface area contributed by atoms with Gasteiger partial charge in [0.15, 0.2) is 5.60 Å². The van der Waals surface area contributed by atoms with Crippen LogP contribution >= 0.6 is 0 Å². The Morgan fingerprint density at radius 2 is 1.70 bits per heavy atom. The number of fused-ring (bicyclic) bond motifs is 2. The molecule has 3 N–H and O–H groups in total. The van der Waals surface area contributed by atoms with E-state index >= 15 is 4.11 Å². The highest BCUT2D eigenvalue weighted by Crippen LogP contribution is 2.59. The van der Waals surface area contributed by atoms with Gasteiger partial charge in [-0.15, -0.1) is 0 Å². The standard InChI is InChI=1S/C38H46FN5O5Si/c1-26-34(50(2,3)39)32(23-33(46)42(20-21-45)24-27-10-6-4-7-11-27)49-38(26)30-22-29(14-15-31(30)41-35(38)47)43-25-44(28-12-8-5-9-13-28)37(36(43)48)16-18-40-19-17-37/h4-15,22,26,32,34,40,45H,16-21,23-25H2,1-3H3,(H,41,47)/t26-,32+,34-,38+/m1/s1. The van der Waals surface area contributed by atoms with E-state index in [1.807, 2.05) is 79.7 Å². The summed E-state index contributed by atoms with van der Waals surface area (Å²) in [6, 6.07) is 25.0. The van der Waals surface area contributed by atoms with Gasteiger partial charge in [0.05, 0.1) is 25.8 Å². The molecular weight excluding hydrogens is 654 g/mol. The minimum Gasteiger partial charge on any atom is -0.395 e. The van der Waals surface area contributed by atoms with E-state index in [0.29, 0.717) is 43.0 Å². The van der Waals surface area contributed by atoms with Gasteiger partial charge in [0.1, 0.15) is 5.54 Å². The predicted molar refractivity (Wildman–Crippen MR) is 193 cm³/mol. The molecule has 2 spiro atoms. The summed E-state index contributed by atoms with van der Waals surface area (Å²) in [5.74, 6) is -1.24. The summed E-state index contributed by atoms with van der Waals surface area (Å²) in [7, 11) is -3.51. The normalized spacial score (nSPS) is 25.7. The highest BCUT2D eigenvalue weighted by Gasteiger charge is 2.65. The molecule has 264 valence electrons. The molecule has 4 atom stereocenters. The molecule has 0 aliphatic carbocycles. The lowest BCUT2D eigenvalue weighted by molar-refractivity contribution is -0.148. The number of aliphatic hydroxyl groups is 1. The van der Waals surface area contributed by atoms with Crippen LogP contribution in [0.2, 0.25) is 18.6 Å². The average molecular weight is 700 g/mol. The van der Waals surface area contributed by atoms with Crippen LogP contribution in [0.1, 0.15) is 37.3 Å². The van der Waals surface area contributed by atoms with Gasteiger partial charge < -0.3 is 34.4 Å². The summed E-state index contributed by atoms with van der Waals surface area (Å²) >= 11 is 0. The Morgan fingerprint density at radius 1 is 1.02 bits per heavy atom. The van der Waals surface area contributed by atoms with Crippen molar-refractivity contribution in [2.45, 2.75) is 68.6 Å². The van der Waals surface area contributed by atoms with E-state index in [1.54, 1.807) is 29.0 Å². The molecule has 3 aromatic rings.